The predicted molar refractivity (Wildman–Crippen MR) is 144 cm³/mol. The SMILES string of the molecule is CC.CC.CC.CC(C)C.CCCC(CCC)c1ccccc1-c1ccc(C)cc1. The van der Waals surface area contributed by atoms with Gasteiger partial charge in [-0.15, -0.1) is 0 Å². The van der Waals surface area contributed by atoms with E-state index in [9.17, 15) is 0 Å². The second-order valence-electron chi connectivity index (χ2n) is 7.46. The Morgan fingerprint density at radius 3 is 1.43 bits per heavy atom. The van der Waals surface area contributed by atoms with Crippen molar-refractivity contribution in [2.24, 2.45) is 5.92 Å². The Labute approximate surface area is 191 Å². The molecule has 2 aromatic carbocycles. The van der Waals surface area contributed by atoms with Crippen LogP contribution in [0.25, 0.3) is 11.1 Å². The van der Waals surface area contributed by atoms with E-state index >= 15 is 0 Å². The normalized spacial score (nSPS) is 9.13. The summed E-state index contributed by atoms with van der Waals surface area (Å²) in [4.78, 5) is 0. The largest absolute Gasteiger partial charge is 0.0683 e. The molecule has 0 fully saturated rings. The van der Waals surface area contributed by atoms with E-state index in [4.69, 9.17) is 0 Å². The summed E-state index contributed by atoms with van der Waals surface area (Å²) in [6.07, 6.45) is 5.09. The number of aryl methyl sites for hydroxylation is 1. The molecule has 0 saturated heterocycles. The Hall–Kier alpha value is -1.56. The number of hydrogen-bond donors (Lipinski definition) is 0. The maximum absolute atomic E-state index is 2.32. The minimum absolute atomic E-state index is 0.697. The maximum Gasteiger partial charge on any atom is -0.0149 e. The van der Waals surface area contributed by atoms with Crippen LogP contribution in [0.1, 0.15) is 119 Å². The van der Waals surface area contributed by atoms with E-state index in [0.717, 1.165) is 5.92 Å². The highest BCUT2D eigenvalue weighted by atomic mass is 14.2. The van der Waals surface area contributed by atoms with Crippen molar-refractivity contribution in [2.45, 2.75) is 115 Å². The van der Waals surface area contributed by atoms with Gasteiger partial charge in [0, 0.05) is 0 Å². The summed E-state index contributed by atoms with van der Waals surface area (Å²) in [7, 11) is 0. The predicted octanol–water partition coefficient (Wildman–Crippen LogP) is 11.1. The van der Waals surface area contributed by atoms with Gasteiger partial charge in [-0.3, -0.25) is 0 Å². The molecule has 0 spiro atoms. The first-order valence-electron chi connectivity index (χ1n) is 12.7. The van der Waals surface area contributed by atoms with E-state index < -0.39 is 0 Å². The quantitative estimate of drug-likeness (QED) is 0.441. The number of hydrogen-bond acceptors (Lipinski definition) is 0. The molecule has 30 heavy (non-hydrogen) atoms. The zero-order chi connectivity index (χ0) is 23.9. The lowest BCUT2D eigenvalue weighted by molar-refractivity contribution is 0.562. The molecule has 0 amide bonds. The topological polar surface area (TPSA) is 0 Å². The molecular formula is C30H54. The molecule has 0 radical (unpaired) electrons. The van der Waals surface area contributed by atoms with Gasteiger partial charge < -0.3 is 0 Å². The highest BCUT2D eigenvalue weighted by Crippen LogP contribution is 2.34. The Balaban J connectivity index is -0.000000627. The van der Waals surface area contributed by atoms with Gasteiger partial charge in [-0.1, -0.05) is 143 Å². The van der Waals surface area contributed by atoms with Gasteiger partial charge in [0.15, 0.2) is 0 Å². The van der Waals surface area contributed by atoms with Crippen LogP contribution in [-0.4, -0.2) is 0 Å². The standard InChI is InChI=1S/C20H26.C4H10.3C2H6/c1-4-8-17(9-5-2)19-10-6-7-11-20(19)18-14-12-16(3)13-15-18;1-4(2)3;3*1-2/h6-7,10-15,17H,4-5,8-9H2,1-3H3;4H,1-3H3;3*1-2H3. The first-order valence-corrected chi connectivity index (χ1v) is 12.7. The van der Waals surface area contributed by atoms with Crippen molar-refractivity contribution in [1.29, 1.82) is 0 Å². The number of rotatable bonds is 6. The van der Waals surface area contributed by atoms with Gasteiger partial charge in [-0.2, -0.15) is 0 Å². The van der Waals surface area contributed by atoms with Crippen molar-refractivity contribution in [3.05, 3.63) is 59.7 Å². The Bertz CT molecular complexity index is 554. The van der Waals surface area contributed by atoms with Gasteiger partial charge in [-0.05, 0) is 48.3 Å². The van der Waals surface area contributed by atoms with Gasteiger partial charge >= 0.3 is 0 Å². The van der Waals surface area contributed by atoms with Crippen molar-refractivity contribution in [3.63, 3.8) is 0 Å². The van der Waals surface area contributed by atoms with Crippen LogP contribution in [0.15, 0.2) is 48.5 Å². The van der Waals surface area contributed by atoms with Crippen molar-refractivity contribution in [2.75, 3.05) is 0 Å². The molecule has 0 nitrogen and oxygen atoms in total. The first-order chi connectivity index (χ1) is 14.5. The lowest BCUT2D eigenvalue weighted by atomic mass is 9.85. The van der Waals surface area contributed by atoms with E-state index in [1.807, 2.05) is 41.5 Å². The molecule has 0 aromatic heterocycles. The fourth-order valence-corrected chi connectivity index (χ4v) is 3.00. The third-order valence-electron chi connectivity index (χ3n) is 4.04. The van der Waals surface area contributed by atoms with E-state index in [1.54, 1.807) is 0 Å². The summed E-state index contributed by atoms with van der Waals surface area (Å²) in [5.74, 6) is 1.53. The van der Waals surface area contributed by atoms with Gasteiger partial charge in [0.2, 0.25) is 0 Å². The molecular weight excluding hydrogens is 360 g/mol. The van der Waals surface area contributed by atoms with Crippen molar-refractivity contribution >= 4 is 0 Å². The van der Waals surface area contributed by atoms with Crippen LogP contribution in [0.4, 0.5) is 0 Å². The van der Waals surface area contributed by atoms with Crippen molar-refractivity contribution in [3.8, 4) is 11.1 Å². The van der Waals surface area contributed by atoms with Gasteiger partial charge in [0.1, 0.15) is 0 Å². The molecule has 0 bridgehead atoms. The zero-order valence-corrected chi connectivity index (χ0v) is 22.6. The van der Waals surface area contributed by atoms with Crippen LogP contribution >= 0.6 is 0 Å². The average molecular weight is 415 g/mol. The summed E-state index contributed by atoms with van der Waals surface area (Å²) in [5.41, 5.74) is 5.62. The summed E-state index contributed by atoms with van der Waals surface area (Å²) in [6, 6.07) is 17.9. The Morgan fingerprint density at radius 2 is 1.03 bits per heavy atom. The van der Waals surface area contributed by atoms with Crippen LogP contribution < -0.4 is 0 Å². The zero-order valence-electron chi connectivity index (χ0n) is 22.6. The molecule has 174 valence electrons. The van der Waals surface area contributed by atoms with Crippen LogP contribution in [0.3, 0.4) is 0 Å². The second-order valence-corrected chi connectivity index (χ2v) is 7.46. The van der Waals surface area contributed by atoms with Crippen LogP contribution in [0.2, 0.25) is 0 Å². The molecule has 0 atom stereocenters. The lowest BCUT2D eigenvalue weighted by Gasteiger charge is -2.20. The molecule has 0 aliphatic heterocycles. The molecule has 0 heterocycles. The lowest BCUT2D eigenvalue weighted by Crippen LogP contribution is -2.00. The van der Waals surface area contributed by atoms with E-state index in [1.165, 1.54) is 47.9 Å². The summed E-state index contributed by atoms with van der Waals surface area (Å²) in [5, 5.41) is 0. The minimum atomic E-state index is 0.697. The Morgan fingerprint density at radius 1 is 0.633 bits per heavy atom. The molecule has 0 aliphatic rings. The minimum Gasteiger partial charge on any atom is -0.0683 e. The number of benzene rings is 2. The van der Waals surface area contributed by atoms with Crippen LogP contribution in [-0.2, 0) is 0 Å². The van der Waals surface area contributed by atoms with E-state index in [2.05, 4.69) is 90.1 Å². The van der Waals surface area contributed by atoms with Gasteiger partial charge in [0.05, 0.1) is 0 Å². The molecule has 0 unspecified atom stereocenters. The molecule has 0 saturated carbocycles. The highest BCUT2D eigenvalue weighted by Gasteiger charge is 2.14. The molecule has 0 heteroatoms. The van der Waals surface area contributed by atoms with Crippen LogP contribution in [0.5, 0.6) is 0 Å². The molecule has 0 aliphatic carbocycles. The fourth-order valence-electron chi connectivity index (χ4n) is 3.00. The Kier molecular flexibility index (Phi) is 26.2. The smallest absolute Gasteiger partial charge is 0.0149 e. The summed E-state index contributed by atoms with van der Waals surface area (Å²) < 4.78 is 0. The maximum atomic E-state index is 2.32. The molecule has 0 N–H and O–H groups in total. The fraction of sp³-hybridized carbons (Fsp3) is 0.600. The third kappa shape index (κ3) is 15.3. The van der Waals surface area contributed by atoms with Gasteiger partial charge in [-0.25, -0.2) is 0 Å². The van der Waals surface area contributed by atoms with Gasteiger partial charge in [0.25, 0.3) is 0 Å². The molecule has 2 aromatic rings. The van der Waals surface area contributed by atoms with E-state index in [0.29, 0.717) is 5.92 Å². The monoisotopic (exact) mass is 414 g/mol. The van der Waals surface area contributed by atoms with Crippen molar-refractivity contribution < 1.29 is 0 Å². The first kappa shape index (κ1) is 33.1. The van der Waals surface area contributed by atoms with E-state index in [-0.39, 0.29) is 0 Å². The third-order valence-corrected chi connectivity index (χ3v) is 4.04. The molecule has 2 rings (SSSR count). The summed E-state index contributed by atoms with van der Waals surface area (Å²) >= 11 is 0. The van der Waals surface area contributed by atoms with Crippen LogP contribution in [0, 0.1) is 12.8 Å². The summed E-state index contributed by atoms with van der Waals surface area (Å²) in [6.45, 7) is 25.2. The average Bonchev–Trinajstić information content (AvgIpc) is 2.78. The highest BCUT2D eigenvalue weighted by molar-refractivity contribution is 5.68. The van der Waals surface area contributed by atoms with Crippen molar-refractivity contribution in [1.82, 2.24) is 0 Å². The second kappa shape index (κ2) is 23.7.